The van der Waals surface area contributed by atoms with Crippen LogP contribution in [0.25, 0.3) is 0 Å². The summed E-state index contributed by atoms with van der Waals surface area (Å²) in [5.41, 5.74) is 1.48. The summed E-state index contributed by atoms with van der Waals surface area (Å²) in [4.78, 5) is 16.3. The number of hydrogen-bond donors (Lipinski definition) is 0. The number of hydrogen-bond acceptors (Lipinski definition) is 3. The zero-order chi connectivity index (χ0) is 12.4. The molecular weight excluding hydrogens is 322 g/mol. The maximum atomic E-state index is 12.1. The van der Waals surface area contributed by atoms with E-state index < -0.39 is 0 Å². The molecule has 0 unspecified atom stereocenters. The van der Waals surface area contributed by atoms with Gasteiger partial charge in [0.15, 0.2) is 5.78 Å². The molecule has 1 aromatic carbocycles. The summed E-state index contributed by atoms with van der Waals surface area (Å²) in [7, 11) is 0. The summed E-state index contributed by atoms with van der Waals surface area (Å²) < 4.78 is 0.848. The summed E-state index contributed by atoms with van der Waals surface area (Å²) in [6, 6.07) is 5.27. The molecule has 0 fully saturated rings. The van der Waals surface area contributed by atoms with Gasteiger partial charge < -0.3 is 0 Å². The van der Waals surface area contributed by atoms with E-state index in [0.29, 0.717) is 17.0 Å². The van der Waals surface area contributed by atoms with Gasteiger partial charge in [0.25, 0.3) is 0 Å². The molecule has 0 N–H and O–H groups in total. The molecule has 0 saturated carbocycles. The fourth-order valence-corrected chi connectivity index (χ4v) is 2.78. The van der Waals surface area contributed by atoms with Gasteiger partial charge in [-0.15, -0.1) is 11.3 Å². The van der Waals surface area contributed by atoms with Crippen molar-refractivity contribution in [2.75, 3.05) is 0 Å². The van der Waals surface area contributed by atoms with Gasteiger partial charge in [-0.2, -0.15) is 0 Å². The third-order valence-electron chi connectivity index (χ3n) is 2.21. The Bertz CT molecular complexity index is 567. The van der Waals surface area contributed by atoms with Crippen LogP contribution in [0.5, 0.6) is 0 Å². The number of thiazole rings is 1. The van der Waals surface area contributed by atoms with Gasteiger partial charge in [0.2, 0.25) is 0 Å². The van der Waals surface area contributed by atoms with Crippen LogP contribution in [-0.2, 0) is 6.42 Å². The van der Waals surface area contributed by atoms with Gasteiger partial charge in [-0.05, 0) is 25.1 Å². The number of aryl methyl sites for hydroxylation is 1. The van der Waals surface area contributed by atoms with Crippen molar-refractivity contribution in [2.45, 2.75) is 13.3 Å². The second-order valence-electron chi connectivity index (χ2n) is 3.61. The first kappa shape index (κ1) is 12.7. The Morgan fingerprint density at radius 2 is 2.29 bits per heavy atom. The van der Waals surface area contributed by atoms with E-state index in [1.807, 2.05) is 18.4 Å². The molecule has 0 aliphatic heterocycles. The molecule has 0 atom stereocenters. The second-order valence-corrected chi connectivity index (χ2v) is 5.87. The van der Waals surface area contributed by atoms with Crippen LogP contribution in [0.4, 0.5) is 0 Å². The number of Topliss-reactive ketones (excluding diaryl/α,β-unsaturated/α-hetero) is 1. The highest BCUT2D eigenvalue weighted by atomic mass is 79.9. The van der Waals surface area contributed by atoms with Crippen LogP contribution in [0, 0.1) is 6.92 Å². The number of aromatic nitrogens is 1. The van der Waals surface area contributed by atoms with Gasteiger partial charge in [-0.3, -0.25) is 4.79 Å². The highest BCUT2D eigenvalue weighted by Crippen LogP contribution is 2.23. The zero-order valence-electron chi connectivity index (χ0n) is 9.04. The van der Waals surface area contributed by atoms with Crippen molar-refractivity contribution < 1.29 is 4.79 Å². The summed E-state index contributed by atoms with van der Waals surface area (Å²) in [6.45, 7) is 1.91. The van der Waals surface area contributed by atoms with Crippen molar-refractivity contribution >= 4 is 44.7 Å². The minimum Gasteiger partial charge on any atom is -0.294 e. The molecule has 0 amide bonds. The number of nitrogens with zero attached hydrogens (tertiary/aromatic N) is 1. The molecule has 1 aromatic heterocycles. The lowest BCUT2D eigenvalue weighted by molar-refractivity contribution is 0.0993. The molecule has 0 bridgehead atoms. The monoisotopic (exact) mass is 329 g/mol. The van der Waals surface area contributed by atoms with Crippen LogP contribution in [0.2, 0.25) is 5.02 Å². The number of carbonyl (C=O) groups excluding carboxylic acids is 1. The van der Waals surface area contributed by atoms with Crippen molar-refractivity contribution in [1.29, 1.82) is 0 Å². The third kappa shape index (κ3) is 3.15. The molecule has 1 heterocycles. The smallest absolute Gasteiger partial charge is 0.171 e. The predicted octanol–water partition coefficient (Wildman–Crippen LogP) is 4.29. The van der Waals surface area contributed by atoms with Crippen molar-refractivity contribution in [2.24, 2.45) is 0 Å². The van der Waals surface area contributed by atoms with Crippen molar-refractivity contribution in [3.05, 3.63) is 49.3 Å². The van der Waals surface area contributed by atoms with Crippen LogP contribution in [0.1, 0.15) is 21.1 Å². The van der Waals surface area contributed by atoms with E-state index in [1.54, 1.807) is 12.1 Å². The molecule has 0 aliphatic rings. The van der Waals surface area contributed by atoms with Crippen LogP contribution >= 0.6 is 38.9 Å². The largest absolute Gasteiger partial charge is 0.294 e. The summed E-state index contributed by atoms with van der Waals surface area (Å²) >= 11 is 10.8. The van der Waals surface area contributed by atoms with E-state index in [-0.39, 0.29) is 5.78 Å². The van der Waals surface area contributed by atoms with Crippen LogP contribution in [-0.4, -0.2) is 10.8 Å². The minimum absolute atomic E-state index is 0.00866. The molecule has 2 rings (SSSR count). The Hall–Kier alpha value is -0.710. The van der Waals surface area contributed by atoms with E-state index in [2.05, 4.69) is 20.9 Å². The number of ketones is 1. The van der Waals surface area contributed by atoms with Crippen molar-refractivity contribution in [3.63, 3.8) is 0 Å². The molecule has 0 spiro atoms. The Labute approximate surface area is 117 Å². The van der Waals surface area contributed by atoms with E-state index in [1.165, 1.54) is 11.3 Å². The minimum atomic E-state index is -0.00866. The Morgan fingerprint density at radius 1 is 1.53 bits per heavy atom. The molecule has 5 heteroatoms. The van der Waals surface area contributed by atoms with Gasteiger partial charge in [0, 0.05) is 21.1 Å². The lowest BCUT2D eigenvalue weighted by Gasteiger charge is -2.02. The normalized spacial score (nSPS) is 10.5. The standard InChI is InChI=1S/C12H9BrClNOS/c1-7-6-17-12(15-7)5-11(16)9-4-8(13)2-3-10(9)14/h2-4,6H,5H2,1H3. The number of rotatable bonds is 3. The topological polar surface area (TPSA) is 30.0 Å². The zero-order valence-corrected chi connectivity index (χ0v) is 12.2. The predicted molar refractivity (Wildman–Crippen MR) is 74.0 cm³/mol. The average molecular weight is 331 g/mol. The van der Waals surface area contributed by atoms with Gasteiger partial charge in [-0.25, -0.2) is 4.98 Å². The molecule has 0 saturated heterocycles. The fourth-order valence-electron chi connectivity index (χ4n) is 1.43. The number of halogens is 2. The van der Waals surface area contributed by atoms with E-state index in [0.717, 1.165) is 15.2 Å². The van der Waals surface area contributed by atoms with E-state index >= 15 is 0 Å². The second kappa shape index (κ2) is 5.29. The summed E-state index contributed by atoms with van der Waals surface area (Å²) in [6.07, 6.45) is 0.300. The first-order valence-electron chi connectivity index (χ1n) is 4.95. The Morgan fingerprint density at radius 3 is 2.94 bits per heavy atom. The van der Waals surface area contributed by atoms with Crippen LogP contribution < -0.4 is 0 Å². The third-order valence-corrected chi connectivity index (χ3v) is 4.00. The number of benzene rings is 1. The van der Waals surface area contributed by atoms with E-state index in [9.17, 15) is 4.79 Å². The molecule has 0 aliphatic carbocycles. The summed E-state index contributed by atoms with van der Waals surface area (Å²) in [5.74, 6) is -0.00866. The molecule has 0 radical (unpaired) electrons. The highest BCUT2D eigenvalue weighted by Gasteiger charge is 2.13. The lowest BCUT2D eigenvalue weighted by Crippen LogP contribution is -2.04. The fraction of sp³-hybridized carbons (Fsp3) is 0.167. The van der Waals surface area contributed by atoms with Crippen LogP contribution in [0.15, 0.2) is 28.1 Å². The quantitative estimate of drug-likeness (QED) is 0.786. The number of carbonyl (C=O) groups is 1. The first-order chi connectivity index (χ1) is 8.06. The SMILES string of the molecule is Cc1csc(CC(=O)c2cc(Br)ccc2Cl)n1. The Balaban J connectivity index is 2.22. The van der Waals surface area contributed by atoms with Crippen molar-refractivity contribution in [1.82, 2.24) is 4.98 Å². The van der Waals surface area contributed by atoms with Gasteiger partial charge in [0.05, 0.1) is 11.4 Å². The average Bonchev–Trinajstić information content (AvgIpc) is 2.67. The molecule has 88 valence electrons. The molecular formula is C12H9BrClNOS. The van der Waals surface area contributed by atoms with Crippen LogP contribution in [0.3, 0.4) is 0 Å². The summed E-state index contributed by atoms with van der Waals surface area (Å²) in [5, 5.41) is 3.24. The molecule has 17 heavy (non-hydrogen) atoms. The van der Waals surface area contributed by atoms with Crippen molar-refractivity contribution in [3.8, 4) is 0 Å². The maximum Gasteiger partial charge on any atom is 0.171 e. The van der Waals surface area contributed by atoms with Gasteiger partial charge >= 0.3 is 0 Å². The van der Waals surface area contributed by atoms with E-state index in [4.69, 9.17) is 11.6 Å². The lowest BCUT2D eigenvalue weighted by atomic mass is 10.1. The molecule has 2 nitrogen and oxygen atoms in total. The highest BCUT2D eigenvalue weighted by molar-refractivity contribution is 9.10. The van der Waals surface area contributed by atoms with Gasteiger partial charge in [-0.1, -0.05) is 27.5 Å². The Kier molecular flexibility index (Phi) is 3.97. The first-order valence-corrected chi connectivity index (χ1v) is 7.00. The van der Waals surface area contributed by atoms with Gasteiger partial charge in [0.1, 0.15) is 5.01 Å². The maximum absolute atomic E-state index is 12.1. The molecule has 2 aromatic rings.